The Balaban J connectivity index is 1.64. The van der Waals surface area contributed by atoms with Gasteiger partial charge in [-0.1, -0.05) is 20.8 Å². The molecule has 158 valence electrons. The van der Waals surface area contributed by atoms with Gasteiger partial charge in [0, 0.05) is 17.5 Å². The molecule has 0 saturated heterocycles. The van der Waals surface area contributed by atoms with Crippen LogP contribution in [-0.4, -0.2) is 39.7 Å². The molecule has 9 heteroatoms. The van der Waals surface area contributed by atoms with Crippen LogP contribution in [0.3, 0.4) is 0 Å². The van der Waals surface area contributed by atoms with E-state index in [2.05, 4.69) is 15.4 Å². The van der Waals surface area contributed by atoms with Crippen LogP contribution in [0.25, 0.3) is 0 Å². The van der Waals surface area contributed by atoms with Crippen molar-refractivity contribution in [3.8, 4) is 0 Å². The first-order valence-corrected chi connectivity index (χ1v) is 11.3. The lowest BCUT2D eigenvalue weighted by atomic mass is 9.85. The first-order valence-electron chi connectivity index (χ1n) is 9.81. The summed E-state index contributed by atoms with van der Waals surface area (Å²) in [5.41, 5.74) is 0.185. The molecule has 3 rings (SSSR count). The average Bonchev–Trinajstić information content (AvgIpc) is 3.15. The van der Waals surface area contributed by atoms with Gasteiger partial charge in [-0.15, -0.1) is 9.19 Å². The number of nitrogens with zero attached hydrogens (tertiary/aromatic N) is 3. The standard InChI is InChI=1S/C20H28N4O4S/c1-20(2,3)19-21-13-24(23-19)29(27,28)17-10-6-15(7-11-17)22-18(26)12-14-4-8-16(25)9-5-14/h6-7,10-11,13-14,16,25H,4-5,8-9,12H2,1-3H3,(H,22,26). The molecule has 1 heterocycles. The molecule has 1 saturated carbocycles. The van der Waals surface area contributed by atoms with Gasteiger partial charge in [0.1, 0.15) is 6.33 Å². The van der Waals surface area contributed by atoms with Gasteiger partial charge in [-0.3, -0.25) is 4.79 Å². The molecule has 0 aliphatic heterocycles. The highest BCUT2D eigenvalue weighted by Crippen LogP contribution is 2.27. The van der Waals surface area contributed by atoms with Crippen LogP contribution in [0.4, 0.5) is 5.69 Å². The number of aliphatic hydroxyl groups excluding tert-OH is 1. The van der Waals surface area contributed by atoms with Crippen molar-refractivity contribution in [1.29, 1.82) is 0 Å². The molecule has 1 aromatic heterocycles. The minimum Gasteiger partial charge on any atom is -0.393 e. The average molecular weight is 421 g/mol. The van der Waals surface area contributed by atoms with Crippen LogP contribution >= 0.6 is 0 Å². The second-order valence-corrected chi connectivity index (χ2v) is 10.4. The number of benzene rings is 1. The molecule has 2 N–H and O–H groups in total. The zero-order valence-electron chi connectivity index (χ0n) is 17.0. The van der Waals surface area contributed by atoms with Crippen molar-refractivity contribution in [3.63, 3.8) is 0 Å². The molecule has 1 amide bonds. The first-order chi connectivity index (χ1) is 13.6. The maximum Gasteiger partial charge on any atom is 0.284 e. The topological polar surface area (TPSA) is 114 Å². The maximum absolute atomic E-state index is 12.7. The number of aromatic nitrogens is 3. The van der Waals surface area contributed by atoms with Crippen molar-refractivity contribution in [2.75, 3.05) is 5.32 Å². The number of carbonyl (C=O) groups is 1. The van der Waals surface area contributed by atoms with E-state index in [1.54, 1.807) is 12.1 Å². The van der Waals surface area contributed by atoms with E-state index in [4.69, 9.17) is 0 Å². The van der Waals surface area contributed by atoms with E-state index in [-0.39, 0.29) is 28.2 Å². The van der Waals surface area contributed by atoms with Gasteiger partial charge in [-0.25, -0.2) is 4.98 Å². The maximum atomic E-state index is 12.7. The highest BCUT2D eigenvalue weighted by molar-refractivity contribution is 7.89. The Hall–Kier alpha value is -2.26. The van der Waals surface area contributed by atoms with Crippen LogP contribution in [0.5, 0.6) is 0 Å². The van der Waals surface area contributed by atoms with E-state index in [0.29, 0.717) is 17.9 Å². The normalized spacial score (nSPS) is 20.4. The second-order valence-electron chi connectivity index (χ2n) is 8.65. The van der Waals surface area contributed by atoms with Crippen molar-refractivity contribution in [1.82, 2.24) is 14.2 Å². The fraction of sp³-hybridized carbons (Fsp3) is 0.550. The van der Waals surface area contributed by atoms with Crippen LogP contribution < -0.4 is 5.32 Å². The lowest BCUT2D eigenvalue weighted by Gasteiger charge is -2.24. The van der Waals surface area contributed by atoms with Gasteiger partial charge in [-0.05, 0) is 55.9 Å². The van der Waals surface area contributed by atoms with E-state index in [0.717, 1.165) is 29.8 Å². The number of nitrogens with one attached hydrogen (secondary N) is 1. The molecule has 0 spiro atoms. The van der Waals surface area contributed by atoms with Crippen molar-refractivity contribution in [2.45, 2.75) is 69.3 Å². The van der Waals surface area contributed by atoms with E-state index < -0.39 is 10.0 Å². The van der Waals surface area contributed by atoms with Gasteiger partial charge >= 0.3 is 0 Å². The summed E-state index contributed by atoms with van der Waals surface area (Å²) in [6, 6.07) is 6.02. The number of carbonyl (C=O) groups excluding carboxylic acids is 1. The highest BCUT2D eigenvalue weighted by atomic mass is 32.2. The number of rotatable bonds is 5. The Morgan fingerprint density at radius 3 is 2.34 bits per heavy atom. The first kappa shape index (κ1) is 21.4. The largest absolute Gasteiger partial charge is 0.393 e. The van der Waals surface area contributed by atoms with Gasteiger partial charge < -0.3 is 10.4 Å². The molecule has 1 aromatic carbocycles. The number of anilines is 1. The number of aliphatic hydroxyl groups is 1. The third-order valence-corrected chi connectivity index (χ3v) is 6.65. The lowest BCUT2D eigenvalue weighted by molar-refractivity contribution is -0.117. The van der Waals surface area contributed by atoms with Crippen molar-refractivity contribution >= 4 is 21.6 Å². The van der Waals surface area contributed by atoms with Crippen LogP contribution in [0.1, 0.15) is 58.7 Å². The smallest absolute Gasteiger partial charge is 0.284 e. The van der Waals surface area contributed by atoms with Gasteiger partial charge in [0.2, 0.25) is 5.91 Å². The molecule has 1 aliphatic rings. The molecule has 29 heavy (non-hydrogen) atoms. The van der Waals surface area contributed by atoms with Crippen molar-refractivity contribution in [3.05, 3.63) is 36.4 Å². The predicted octanol–water partition coefficient (Wildman–Crippen LogP) is 2.69. The summed E-state index contributed by atoms with van der Waals surface area (Å²) in [6.45, 7) is 5.73. The van der Waals surface area contributed by atoms with Crippen LogP contribution in [0.2, 0.25) is 0 Å². The summed E-state index contributed by atoms with van der Waals surface area (Å²) in [7, 11) is -3.84. The third kappa shape index (κ3) is 5.22. The summed E-state index contributed by atoms with van der Waals surface area (Å²) in [5, 5.41) is 16.5. The Labute approximate surface area is 171 Å². The Morgan fingerprint density at radius 1 is 1.17 bits per heavy atom. The fourth-order valence-corrected chi connectivity index (χ4v) is 4.40. The molecule has 0 atom stereocenters. The summed E-state index contributed by atoms with van der Waals surface area (Å²) in [5.74, 6) is 0.621. The van der Waals surface area contributed by atoms with E-state index in [1.807, 2.05) is 20.8 Å². The lowest BCUT2D eigenvalue weighted by Crippen LogP contribution is -2.23. The number of hydrogen-bond acceptors (Lipinski definition) is 6. The summed E-state index contributed by atoms with van der Waals surface area (Å²) in [6.07, 6.45) is 4.54. The molecular weight excluding hydrogens is 392 g/mol. The zero-order chi connectivity index (χ0) is 21.2. The van der Waals surface area contributed by atoms with E-state index >= 15 is 0 Å². The van der Waals surface area contributed by atoms with Gasteiger partial charge in [-0.2, -0.15) is 8.42 Å². The third-order valence-electron chi connectivity index (χ3n) is 5.12. The molecular formula is C20H28N4O4S. The SMILES string of the molecule is CC(C)(C)c1ncn(S(=O)(=O)c2ccc(NC(=O)CC3CCC(O)CC3)cc2)n1. The Bertz CT molecular complexity index is 953. The summed E-state index contributed by atoms with van der Waals surface area (Å²) in [4.78, 5) is 16.4. The molecule has 0 bridgehead atoms. The molecule has 8 nitrogen and oxygen atoms in total. The number of amides is 1. The van der Waals surface area contributed by atoms with E-state index in [9.17, 15) is 18.3 Å². The molecule has 0 unspecified atom stereocenters. The van der Waals surface area contributed by atoms with Gasteiger partial charge in [0.25, 0.3) is 10.0 Å². The van der Waals surface area contributed by atoms with Crippen LogP contribution in [0.15, 0.2) is 35.5 Å². The monoisotopic (exact) mass is 420 g/mol. The van der Waals surface area contributed by atoms with E-state index in [1.165, 1.54) is 18.5 Å². The fourth-order valence-electron chi connectivity index (χ4n) is 3.35. The minimum atomic E-state index is -3.84. The van der Waals surface area contributed by atoms with Crippen LogP contribution in [-0.2, 0) is 20.2 Å². The van der Waals surface area contributed by atoms with Crippen molar-refractivity contribution < 1.29 is 18.3 Å². The Morgan fingerprint density at radius 2 is 1.79 bits per heavy atom. The number of hydrogen-bond donors (Lipinski definition) is 2. The minimum absolute atomic E-state index is 0.0714. The summed E-state index contributed by atoms with van der Waals surface area (Å²) < 4.78 is 26.4. The molecule has 2 aromatic rings. The zero-order valence-corrected chi connectivity index (χ0v) is 17.8. The summed E-state index contributed by atoms with van der Waals surface area (Å²) >= 11 is 0. The molecule has 0 radical (unpaired) electrons. The van der Waals surface area contributed by atoms with Crippen LogP contribution in [0, 0.1) is 5.92 Å². The van der Waals surface area contributed by atoms with Crippen molar-refractivity contribution in [2.24, 2.45) is 5.92 Å². The molecule has 1 aliphatic carbocycles. The Kier molecular flexibility index (Phi) is 6.09. The molecule has 1 fully saturated rings. The van der Waals surface area contributed by atoms with Gasteiger partial charge in [0.05, 0.1) is 11.0 Å². The highest BCUT2D eigenvalue weighted by Gasteiger charge is 2.24. The second kappa shape index (κ2) is 8.23. The quantitative estimate of drug-likeness (QED) is 0.769. The van der Waals surface area contributed by atoms with Gasteiger partial charge in [0.15, 0.2) is 5.82 Å². The predicted molar refractivity (Wildman–Crippen MR) is 109 cm³/mol.